The van der Waals surface area contributed by atoms with Crippen molar-refractivity contribution in [2.45, 2.75) is 45.4 Å². The summed E-state index contributed by atoms with van der Waals surface area (Å²) in [4.78, 5) is 13.5. The normalized spacial score (nSPS) is 17.2. The Balaban J connectivity index is 1.84. The Hall–Kier alpha value is -1.80. The van der Waals surface area contributed by atoms with Crippen LogP contribution < -0.4 is 5.73 Å². The molecular weight excluding hydrogens is 337 g/mol. The number of ether oxygens (including phenoxy) is 2. The maximum atomic E-state index is 12.0. The molecule has 25 heavy (non-hydrogen) atoms. The van der Waals surface area contributed by atoms with E-state index in [9.17, 15) is 18.0 Å². The van der Waals surface area contributed by atoms with Crippen molar-refractivity contribution in [2.24, 2.45) is 11.7 Å². The number of nitrogens with two attached hydrogens (primary N) is 1. The van der Waals surface area contributed by atoms with E-state index >= 15 is 0 Å². The van der Waals surface area contributed by atoms with Crippen LogP contribution in [0.1, 0.15) is 37.9 Å². The summed E-state index contributed by atoms with van der Waals surface area (Å²) in [5.74, 6) is 0.0878. The molecule has 1 aromatic carbocycles. The summed E-state index contributed by atoms with van der Waals surface area (Å²) in [6, 6.07) is 6.21. The van der Waals surface area contributed by atoms with E-state index in [1.165, 1.54) is 0 Å². The van der Waals surface area contributed by atoms with Crippen LogP contribution in [-0.4, -0.2) is 36.0 Å². The van der Waals surface area contributed by atoms with E-state index in [4.69, 9.17) is 10.5 Å². The van der Waals surface area contributed by atoms with E-state index in [2.05, 4.69) is 4.74 Å². The van der Waals surface area contributed by atoms with Gasteiger partial charge in [0.15, 0.2) is 0 Å². The first-order valence-electron chi connectivity index (χ1n) is 7.97. The second-order valence-corrected chi connectivity index (χ2v) is 7.15. The van der Waals surface area contributed by atoms with Crippen LogP contribution in [0.2, 0.25) is 0 Å². The van der Waals surface area contributed by atoms with Crippen molar-refractivity contribution in [3.8, 4) is 0 Å². The molecule has 1 aromatic rings. The van der Waals surface area contributed by atoms with E-state index in [-0.39, 0.29) is 18.1 Å². The zero-order valence-corrected chi connectivity index (χ0v) is 14.5. The Morgan fingerprint density at radius 1 is 1.24 bits per heavy atom. The topological polar surface area (TPSA) is 64.8 Å². The molecular formula is C17H23F3N2O3. The van der Waals surface area contributed by atoms with Crippen LogP contribution in [0, 0.1) is 5.92 Å². The number of alkyl halides is 3. The van der Waals surface area contributed by atoms with Gasteiger partial charge in [0.25, 0.3) is 0 Å². The highest BCUT2D eigenvalue weighted by atomic mass is 19.4. The molecule has 0 aromatic heterocycles. The predicted octanol–water partition coefficient (Wildman–Crippen LogP) is 3.59. The van der Waals surface area contributed by atoms with E-state index in [0.717, 1.165) is 5.56 Å². The minimum atomic E-state index is -4.65. The summed E-state index contributed by atoms with van der Waals surface area (Å²) in [5.41, 5.74) is 6.87. The number of amides is 1. The molecule has 1 aliphatic heterocycles. The Morgan fingerprint density at radius 3 is 2.28 bits per heavy atom. The maximum Gasteiger partial charge on any atom is 0.522 e. The number of hydrogen-bond donors (Lipinski definition) is 1. The lowest BCUT2D eigenvalue weighted by Gasteiger charge is -2.42. The first kappa shape index (κ1) is 19.5. The molecule has 2 rings (SSSR count). The minimum Gasteiger partial charge on any atom is -0.444 e. The zero-order chi connectivity index (χ0) is 18.8. The van der Waals surface area contributed by atoms with E-state index in [0.29, 0.717) is 18.7 Å². The largest absolute Gasteiger partial charge is 0.522 e. The lowest BCUT2D eigenvalue weighted by atomic mass is 9.87. The van der Waals surface area contributed by atoms with Crippen LogP contribution in [0.5, 0.6) is 0 Å². The van der Waals surface area contributed by atoms with Crippen LogP contribution in [0.25, 0.3) is 0 Å². The van der Waals surface area contributed by atoms with E-state index < -0.39 is 18.6 Å². The Kier molecular flexibility index (Phi) is 5.63. The van der Waals surface area contributed by atoms with E-state index in [1.807, 2.05) is 0 Å². The number of hydrogen-bond acceptors (Lipinski definition) is 4. The molecule has 1 heterocycles. The quantitative estimate of drug-likeness (QED) is 0.891. The summed E-state index contributed by atoms with van der Waals surface area (Å²) in [6.07, 6.45) is -5.01. The van der Waals surface area contributed by atoms with Gasteiger partial charge in [0.1, 0.15) is 5.60 Å². The predicted molar refractivity (Wildman–Crippen MR) is 85.5 cm³/mol. The molecule has 2 N–H and O–H groups in total. The van der Waals surface area contributed by atoms with Gasteiger partial charge in [-0.15, -0.1) is 13.2 Å². The fraction of sp³-hybridized carbons (Fsp3) is 0.588. The van der Waals surface area contributed by atoms with Gasteiger partial charge in [-0.25, -0.2) is 4.79 Å². The summed E-state index contributed by atoms with van der Waals surface area (Å²) in [5, 5.41) is 0. The standard InChI is InChI=1S/C17H23F3N2O3/c1-16(2,3)25-15(23)22-8-13(9-22)14(21)12-6-4-11(5-7-12)10-24-17(18,19)20/h4-7,13-14H,8-10,21H2,1-3H3. The number of rotatable bonds is 4. The van der Waals surface area contributed by atoms with Crippen molar-refractivity contribution in [1.29, 1.82) is 0 Å². The molecule has 1 aliphatic rings. The molecule has 5 nitrogen and oxygen atoms in total. The Morgan fingerprint density at radius 2 is 1.80 bits per heavy atom. The highest BCUT2D eigenvalue weighted by molar-refractivity contribution is 5.69. The maximum absolute atomic E-state index is 12.0. The fourth-order valence-electron chi connectivity index (χ4n) is 2.49. The highest BCUT2D eigenvalue weighted by Crippen LogP contribution is 2.29. The van der Waals surface area contributed by atoms with Crippen molar-refractivity contribution >= 4 is 6.09 Å². The first-order valence-corrected chi connectivity index (χ1v) is 7.97. The molecule has 1 fully saturated rings. The summed E-state index contributed by atoms with van der Waals surface area (Å²) >= 11 is 0. The van der Waals surface area contributed by atoms with Crippen molar-refractivity contribution < 1.29 is 27.4 Å². The van der Waals surface area contributed by atoms with Crippen molar-refractivity contribution in [2.75, 3.05) is 13.1 Å². The van der Waals surface area contributed by atoms with Gasteiger partial charge in [-0.1, -0.05) is 24.3 Å². The second kappa shape index (κ2) is 7.21. The van der Waals surface area contributed by atoms with Crippen LogP contribution in [-0.2, 0) is 16.1 Å². The number of likely N-dealkylation sites (tertiary alicyclic amines) is 1. The van der Waals surface area contributed by atoms with Crippen LogP contribution in [0.3, 0.4) is 0 Å². The second-order valence-electron chi connectivity index (χ2n) is 7.15. The van der Waals surface area contributed by atoms with Gasteiger partial charge >= 0.3 is 12.5 Å². The Bertz CT molecular complexity index is 591. The third-order valence-corrected chi connectivity index (χ3v) is 3.84. The molecule has 0 aliphatic carbocycles. The average Bonchev–Trinajstić information content (AvgIpc) is 2.41. The van der Waals surface area contributed by atoms with Gasteiger partial charge in [0, 0.05) is 25.0 Å². The molecule has 8 heteroatoms. The van der Waals surface area contributed by atoms with Crippen LogP contribution >= 0.6 is 0 Å². The van der Waals surface area contributed by atoms with Gasteiger partial charge in [0.05, 0.1) is 6.61 Å². The van der Waals surface area contributed by atoms with E-state index in [1.54, 1.807) is 49.9 Å². The molecule has 140 valence electrons. The van der Waals surface area contributed by atoms with Gasteiger partial charge in [-0.05, 0) is 31.9 Å². The molecule has 1 amide bonds. The SMILES string of the molecule is CC(C)(C)OC(=O)N1CC(C(N)c2ccc(COC(F)(F)F)cc2)C1. The van der Waals surface area contributed by atoms with Gasteiger partial charge in [-0.3, -0.25) is 4.74 Å². The monoisotopic (exact) mass is 360 g/mol. The molecule has 0 radical (unpaired) electrons. The molecule has 0 saturated carbocycles. The number of carbonyl (C=O) groups is 1. The molecule has 1 atom stereocenters. The number of carbonyl (C=O) groups excluding carboxylic acids is 1. The first-order chi connectivity index (χ1) is 11.4. The van der Waals surface area contributed by atoms with Crippen molar-refractivity contribution in [3.05, 3.63) is 35.4 Å². The third kappa shape index (κ3) is 5.89. The molecule has 1 unspecified atom stereocenters. The average molecular weight is 360 g/mol. The van der Waals surface area contributed by atoms with Crippen LogP contribution in [0.15, 0.2) is 24.3 Å². The Labute approximate surface area is 144 Å². The van der Waals surface area contributed by atoms with Crippen molar-refractivity contribution in [3.63, 3.8) is 0 Å². The highest BCUT2D eigenvalue weighted by Gasteiger charge is 2.37. The van der Waals surface area contributed by atoms with Gasteiger partial charge in [0.2, 0.25) is 0 Å². The minimum absolute atomic E-state index is 0.0878. The van der Waals surface area contributed by atoms with Crippen molar-refractivity contribution in [1.82, 2.24) is 4.90 Å². The summed E-state index contributed by atoms with van der Waals surface area (Å²) in [7, 11) is 0. The lowest BCUT2D eigenvalue weighted by Crippen LogP contribution is -2.54. The fourth-order valence-corrected chi connectivity index (χ4v) is 2.49. The number of halogens is 3. The number of nitrogens with zero attached hydrogens (tertiary/aromatic N) is 1. The summed E-state index contributed by atoms with van der Waals surface area (Å²) in [6.45, 7) is 5.87. The van der Waals surface area contributed by atoms with Gasteiger partial charge in [-0.2, -0.15) is 0 Å². The molecule has 0 bridgehead atoms. The summed E-state index contributed by atoms with van der Waals surface area (Å²) < 4.78 is 45.2. The third-order valence-electron chi connectivity index (χ3n) is 3.84. The molecule has 1 saturated heterocycles. The number of benzene rings is 1. The smallest absolute Gasteiger partial charge is 0.444 e. The molecule has 0 spiro atoms. The van der Waals surface area contributed by atoms with Gasteiger partial charge < -0.3 is 15.4 Å². The van der Waals surface area contributed by atoms with Crippen LogP contribution in [0.4, 0.5) is 18.0 Å². The zero-order valence-electron chi connectivity index (χ0n) is 14.5. The lowest BCUT2D eigenvalue weighted by molar-refractivity contribution is -0.330.